The van der Waals surface area contributed by atoms with Gasteiger partial charge >= 0.3 is 6.18 Å². The number of alkyl halides is 3. The lowest BCUT2D eigenvalue weighted by atomic mass is 9.48. The first-order valence-electron chi connectivity index (χ1n) is 12.7. The van der Waals surface area contributed by atoms with E-state index in [0.717, 1.165) is 51.4 Å². The van der Waals surface area contributed by atoms with Gasteiger partial charge in [0, 0.05) is 5.69 Å². The number of anilines is 1. The largest absolute Gasteiger partial charge is 0.408 e. The fourth-order valence-corrected chi connectivity index (χ4v) is 8.79. The summed E-state index contributed by atoms with van der Waals surface area (Å²) in [6.07, 6.45) is 4.45. The van der Waals surface area contributed by atoms with Crippen LogP contribution in [0.4, 0.5) is 18.9 Å². The molecule has 4 aliphatic carbocycles. The molecule has 2 nitrogen and oxygen atoms in total. The number of benzene rings is 1. The van der Waals surface area contributed by atoms with Gasteiger partial charge in [-0.1, -0.05) is 25.1 Å². The van der Waals surface area contributed by atoms with E-state index in [2.05, 4.69) is 12.2 Å². The van der Waals surface area contributed by atoms with Crippen LogP contribution in [0.3, 0.4) is 0 Å². The highest BCUT2D eigenvalue weighted by Crippen LogP contribution is 2.65. The molecule has 178 valence electrons. The number of hydrogen-bond acceptors (Lipinski definition) is 2. The van der Waals surface area contributed by atoms with E-state index in [9.17, 15) is 18.3 Å². The lowest BCUT2D eigenvalue weighted by molar-refractivity contribution is -0.169. The molecular formula is C27H38F3NO. The maximum absolute atomic E-state index is 14.3. The molecular weight excluding hydrogens is 411 g/mol. The molecule has 4 saturated carbocycles. The van der Waals surface area contributed by atoms with E-state index in [1.165, 1.54) is 0 Å². The van der Waals surface area contributed by atoms with Crippen LogP contribution in [0.5, 0.6) is 0 Å². The molecule has 0 bridgehead atoms. The molecule has 4 aliphatic rings. The fraction of sp³-hybridized carbons (Fsp3) is 0.778. The Balaban J connectivity index is 1.37. The minimum absolute atomic E-state index is 0.254. The van der Waals surface area contributed by atoms with Crippen molar-refractivity contribution in [2.24, 2.45) is 40.9 Å². The summed E-state index contributed by atoms with van der Waals surface area (Å²) in [7, 11) is 0. The molecule has 0 saturated heterocycles. The van der Waals surface area contributed by atoms with Gasteiger partial charge in [-0.3, -0.25) is 0 Å². The summed E-state index contributed by atoms with van der Waals surface area (Å²) < 4.78 is 43.0. The molecule has 0 heterocycles. The molecule has 0 spiro atoms. The Bertz CT molecular complexity index is 809. The van der Waals surface area contributed by atoms with E-state index in [1.54, 1.807) is 24.3 Å². The van der Waals surface area contributed by atoms with E-state index in [0.29, 0.717) is 41.7 Å². The van der Waals surface area contributed by atoms with E-state index in [4.69, 9.17) is 0 Å². The summed E-state index contributed by atoms with van der Waals surface area (Å²) in [5, 5.41) is 13.5. The summed E-state index contributed by atoms with van der Waals surface area (Å²) >= 11 is 0. The van der Waals surface area contributed by atoms with Crippen molar-refractivity contribution in [1.29, 1.82) is 0 Å². The monoisotopic (exact) mass is 449 g/mol. The van der Waals surface area contributed by atoms with Crippen LogP contribution in [0, 0.1) is 40.9 Å². The van der Waals surface area contributed by atoms with Gasteiger partial charge in [0.15, 0.2) is 0 Å². The molecule has 1 aromatic rings. The smallest absolute Gasteiger partial charge is 0.390 e. The second-order valence-electron chi connectivity index (χ2n) is 11.9. The van der Waals surface area contributed by atoms with Crippen LogP contribution in [0.15, 0.2) is 30.3 Å². The summed E-state index contributed by atoms with van der Waals surface area (Å²) in [4.78, 5) is 0. The van der Waals surface area contributed by atoms with Gasteiger partial charge in [0.2, 0.25) is 0 Å². The number of rotatable bonds is 3. The van der Waals surface area contributed by atoms with Gasteiger partial charge in [-0.25, -0.2) is 0 Å². The maximum atomic E-state index is 14.3. The molecule has 9 atom stereocenters. The van der Waals surface area contributed by atoms with Crippen LogP contribution in [-0.2, 0) is 0 Å². The Morgan fingerprint density at radius 2 is 1.62 bits per heavy atom. The van der Waals surface area contributed by atoms with Gasteiger partial charge in [0.25, 0.3) is 0 Å². The molecule has 1 unspecified atom stereocenters. The number of halogens is 3. The van der Waals surface area contributed by atoms with E-state index in [1.807, 2.05) is 13.0 Å². The summed E-state index contributed by atoms with van der Waals surface area (Å²) in [6, 6.07) is 7.41. The molecule has 1 aromatic carbocycles. The Labute approximate surface area is 190 Å². The maximum Gasteiger partial charge on any atom is 0.408 e. The van der Waals surface area contributed by atoms with Gasteiger partial charge < -0.3 is 10.4 Å². The lowest BCUT2D eigenvalue weighted by Crippen LogP contribution is -2.53. The minimum Gasteiger partial charge on any atom is -0.390 e. The first-order valence-corrected chi connectivity index (χ1v) is 12.7. The number of hydrogen-bond donors (Lipinski definition) is 2. The first-order chi connectivity index (χ1) is 15.1. The van der Waals surface area contributed by atoms with Crippen LogP contribution in [0.1, 0.15) is 71.6 Å². The quantitative estimate of drug-likeness (QED) is 0.518. The zero-order valence-corrected chi connectivity index (χ0v) is 19.4. The highest BCUT2D eigenvalue weighted by atomic mass is 19.4. The normalized spacial score (nSPS) is 44.8. The molecule has 2 N–H and O–H groups in total. The molecule has 4 fully saturated rings. The summed E-state index contributed by atoms with van der Waals surface area (Å²) in [5.74, 6) is 2.50. The van der Waals surface area contributed by atoms with Crippen molar-refractivity contribution in [2.45, 2.75) is 89.5 Å². The lowest BCUT2D eigenvalue weighted by Gasteiger charge is -2.57. The molecule has 5 heteroatoms. The molecule has 5 rings (SSSR count). The molecule has 0 radical (unpaired) electrons. The van der Waals surface area contributed by atoms with Gasteiger partial charge in [-0.15, -0.1) is 0 Å². The first kappa shape index (κ1) is 22.6. The average Bonchev–Trinajstić information content (AvgIpc) is 3.07. The number of fused-ring (bicyclic) bond motifs is 5. The number of nitrogens with one attached hydrogen (secondary N) is 1. The summed E-state index contributed by atoms with van der Waals surface area (Å²) in [6.45, 7) is 4.15. The summed E-state index contributed by atoms with van der Waals surface area (Å²) in [5.41, 5.74) is -0.222. The predicted octanol–water partition coefficient (Wildman–Crippen LogP) is 7.05. The van der Waals surface area contributed by atoms with Crippen LogP contribution < -0.4 is 5.32 Å². The third-order valence-corrected chi connectivity index (χ3v) is 10.2. The number of aliphatic hydroxyl groups is 1. The fourth-order valence-electron chi connectivity index (χ4n) is 8.79. The van der Waals surface area contributed by atoms with Crippen LogP contribution in [0.2, 0.25) is 0 Å². The van der Waals surface area contributed by atoms with Crippen molar-refractivity contribution in [3.63, 3.8) is 0 Å². The van der Waals surface area contributed by atoms with Crippen LogP contribution >= 0.6 is 0 Å². The van der Waals surface area contributed by atoms with Crippen molar-refractivity contribution in [1.82, 2.24) is 0 Å². The molecule has 0 aliphatic heterocycles. The molecule has 0 amide bonds. The highest BCUT2D eigenvalue weighted by Gasteiger charge is 2.61. The van der Waals surface area contributed by atoms with E-state index < -0.39 is 17.8 Å². The predicted molar refractivity (Wildman–Crippen MR) is 121 cm³/mol. The number of para-hydroxylation sites is 1. The Morgan fingerprint density at radius 3 is 2.34 bits per heavy atom. The van der Waals surface area contributed by atoms with E-state index >= 15 is 0 Å². The second kappa shape index (κ2) is 7.92. The molecule has 32 heavy (non-hydrogen) atoms. The Morgan fingerprint density at radius 1 is 0.906 bits per heavy atom. The van der Waals surface area contributed by atoms with Crippen molar-refractivity contribution < 1.29 is 18.3 Å². The Kier molecular flexibility index (Phi) is 5.58. The Hall–Kier alpha value is -1.23. The van der Waals surface area contributed by atoms with Crippen molar-refractivity contribution in [3.8, 4) is 0 Å². The van der Waals surface area contributed by atoms with Crippen molar-refractivity contribution >= 4 is 5.69 Å². The third kappa shape index (κ3) is 3.86. The zero-order chi connectivity index (χ0) is 22.7. The standard InChI is InChI=1S/C27H38F3NO/c1-25(32)14-12-19-17(16-25)8-9-21-20(19)13-15-26(2)22(21)10-11-23(26)24(27(28,29)30)31-18-6-4-3-5-7-18/h3-7,17,19-24,31-32H,8-16H2,1-2H3/t17-,19+,20-,21-,22+,23?,24-,25-,26+/m1/s1. The minimum atomic E-state index is -4.26. The second-order valence-corrected chi connectivity index (χ2v) is 11.9. The highest BCUT2D eigenvalue weighted by molar-refractivity contribution is 5.44. The topological polar surface area (TPSA) is 32.3 Å². The van der Waals surface area contributed by atoms with E-state index in [-0.39, 0.29) is 11.3 Å². The van der Waals surface area contributed by atoms with Crippen molar-refractivity contribution in [3.05, 3.63) is 30.3 Å². The molecule has 0 aromatic heterocycles. The van der Waals surface area contributed by atoms with Gasteiger partial charge in [0.1, 0.15) is 6.04 Å². The SMILES string of the molecule is C[C@@]1(O)CC[C@H]2[C@H](CC[C@@H]3[C@@H]2CC[C@]2(C)C([C@@H](Nc4ccccc4)C(F)(F)F)CC[C@@H]32)C1. The average molecular weight is 450 g/mol. The zero-order valence-electron chi connectivity index (χ0n) is 19.4. The van der Waals surface area contributed by atoms with Gasteiger partial charge in [-0.05, 0) is 118 Å². The van der Waals surface area contributed by atoms with Gasteiger partial charge in [-0.2, -0.15) is 13.2 Å². The van der Waals surface area contributed by atoms with Gasteiger partial charge in [0.05, 0.1) is 5.60 Å². The van der Waals surface area contributed by atoms with Crippen LogP contribution in [0.25, 0.3) is 0 Å². The van der Waals surface area contributed by atoms with Crippen LogP contribution in [-0.4, -0.2) is 22.9 Å². The van der Waals surface area contributed by atoms with Crippen molar-refractivity contribution in [2.75, 3.05) is 5.32 Å². The third-order valence-electron chi connectivity index (χ3n) is 10.2.